The standard InChI is InChI=1S/C18H22N4O3.ClH/c23-17(20-8-11-22-9-6-19-7-10-22)14-3-1-4-15(13-14)21-18(24)16-5-2-12-25-16;/h1-5,12-13,19H,6-11H2,(H,20,23)(H,21,24);1H. The van der Waals surface area contributed by atoms with Crippen molar-refractivity contribution in [3.8, 4) is 0 Å². The first kappa shape index (κ1) is 20.0. The van der Waals surface area contributed by atoms with Gasteiger partial charge < -0.3 is 20.4 Å². The van der Waals surface area contributed by atoms with Gasteiger partial charge in [-0.3, -0.25) is 14.5 Å². The van der Waals surface area contributed by atoms with Crippen molar-refractivity contribution >= 4 is 29.9 Å². The van der Waals surface area contributed by atoms with Crippen molar-refractivity contribution in [1.82, 2.24) is 15.5 Å². The molecule has 3 N–H and O–H groups in total. The Labute approximate surface area is 158 Å². The van der Waals surface area contributed by atoms with Crippen LogP contribution in [0.25, 0.3) is 0 Å². The average Bonchev–Trinajstić information content (AvgIpc) is 3.18. The fraction of sp³-hybridized carbons (Fsp3) is 0.333. The molecule has 7 nitrogen and oxygen atoms in total. The van der Waals surface area contributed by atoms with Crippen molar-refractivity contribution in [1.29, 1.82) is 0 Å². The van der Waals surface area contributed by atoms with Crippen molar-refractivity contribution in [3.05, 3.63) is 54.0 Å². The summed E-state index contributed by atoms with van der Waals surface area (Å²) in [6.07, 6.45) is 1.44. The summed E-state index contributed by atoms with van der Waals surface area (Å²) in [7, 11) is 0. The Balaban J connectivity index is 0.00000243. The molecule has 140 valence electrons. The summed E-state index contributed by atoms with van der Waals surface area (Å²) < 4.78 is 5.06. The summed E-state index contributed by atoms with van der Waals surface area (Å²) >= 11 is 0. The van der Waals surface area contributed by atoms with E-state index < -0.39 is 0 Å². The van der Waals surface area contributed by atoms with E-state index in [1.165, 1.54) is 6.26 Å². The quantitative estimate of drug-likeness (QED) is 0.710. The van der Waals surface area contributed by atoms with Gasteiger partial charge in [-0.2, -0.15) is 0 Å². The maximum Gasteiger partial charge on any atom is 0.291 e. The summed E-state index contributed by atoms with van der Waals surface area (Å²) in [4.78, 5) is 26.6. The lowest BCUT2D eigenvalue weighted by Gasteiger charge is -2.27. The number of halogens is 1. The lowest BCUT2D eigenvalue weighted by Crippen LogP contribution is -2.46. The molecule has 0 aliphatic carbocycles. The largest absolute Gasteiger partial charge is 0.459 e. The molecule has 0 spiro atoms. The van der Waals surface area contributed by atoms with Gasteiger partial charge in [-0.25, -0.2) is 0 Å². The molecule has 0 bridgehead atoms. The van der Waals surface area contributed by atoms with Crippen LogP contribution in [-0.2, 0) is 0 Å². The highest BCUT2D eigenvalue weighted by Gasteiger charge is 2.12. The molecule has 3 rings (SSSR count). The number of hydrogen-bond donors (Lipinski definition) is 3. The molecule has 0 radical (unpaired) electrons. The molecule has 0 atom stereocenters. The van der Waals surface area contributed by atoms with E-state index in [-0.39, 0.29) is 30.0 Å². The maximum absolute atomic E-state index is 12.3. The van der Waals surface area contributed by atoms with Gasteiger partial charge in [0.15, 0.2) is 5.76 Å². The van der Waals surface area contributed by atoms with E-state index in [9.17, 15) is 9.59 Å². The molecule has 2 aromatic rings. The minimum Gasteiger partial charge on any atom is -0.459 e. The van der Waals surface area contributed by atoms with Crippen LogP contribution in [-0.4, -0.2) is 56.0 Å². The molecular formula is C18H23ClN4O3. The number of nitrogens with one attached hydrogen (secondary N) is 3. The zero-order valence-electron chi connectivity index (χ0n) is 14.4. The molecule has 0 unspecified atom stereocenters. The molecule has 1 aliphatic rings. The van der Waals surface area contributed by atoms with Crippen molar-refractivity contribution < 1.29 is 14.0 Å². The van der Waals surface area contributed by atoms with Crippen LogP contribution in [0.1, 0.15) is 20.9 Å². The number of carbonyl (C=O) groups excluding carboxylic acids is 2. The third-order valence-corrected chi connectivity index (χ3v) is 4.05. The third kappa shape index (κ3) is 5.59. The second-order valence-corrected chi connectivity index (χ2v) is 5.86. The van der Waals surface area contributed by atoms with Crippen LogP contribution in [0.5, 0.6) is 0 Å². The van der Waals surface area contributed by atoms with E-state index in [0.29, 0.717) is 17.8 Å². The van der Waals surface area contributed by atoms with Crippen LogP contribution < -0.4 is 16.0 Å². The Morgan fingerprint density at radius 1 is 1.12 bits per heavy atom. The van der Waals surface area contributed by atoms with Crippen LogP contribution in [0.15, 0.2) is 47.1 Å². The molecule has 8 heteroatoms. The van der Waals surface area contributed by atoms with E-state index in [1.807, 2.05) is 0 Å². The van der Waals surface area contributed by atoms with Crippen molar-refractivity contribution in [2.24, 2.45) is 0 Å². The SMILES string of the molecule is Cl.O=C(NCCN1CCNCC1)c1cccc(NC(=O)c2ccco2)c1. The molecule has 1 aromatic carbocycles. The fourth-order valence-electron chi connectivity index (χ4n) is 2.70. The fourth-order valence-corrected chi connectivity index (χ4v) is 2.70. The maximum atomic E-state index is 12.3. The Kier molecular flexibility index (Phi) is 7.65. The molecule has 1 aromatic heterocycles. The molecule has 0 saturated carbocycles. The summed E-state index contributed by atoms with van der Waals surface area (Å²) in [6.45, 7) is 5.43. The molecule has 1 saturated heterocycles. The van der Waals surface area contributed by atoms with Gasteiger partial charge in [-0.1, -0.05) is 6.07 Å². The van der Waals surface area contributed by atoms with Crippen LogP contribution in [0.3, 0.4) is 0 Å². The predicted molar refractivity (Wildman–Crippen MR) is 102 cm³/mol. The zero-order chi connectivity index (χ0) is 17.5. The minimum absolute atomic E-state index is 0. The highest BCUT2D eigenvalue weighted by Crippen LogP contribution is 2.12. The van der Waals surface area contributed by atoms with Gasteiger partial charge in [-0.05, 0) is 30.3 Å². The summed E-state index contributed by atoms with van der Waals surface area (Å²) in [6, 6.07) is 10.1. The lowest BCUT2D eigenvalue weighted by atomic mass is 10.2. The number of anilines is 1. The van der Waals surface area contributed by atoms with Crippen molar-refractivity contribution in [3.63, 3.8) is 0 Å². The number of piperazine rings is 1. The summed E-state index contributed by atoms with van der Waals surface area (Å²) in [5, 5.41) is 8.94. The van der Waals surface area contributed by atoms with Gasteiger partial charge in [-0.15, -0.1) is 12.4 Å². The molecule has 2 heterocycles. The smallest absolute Gasteiger partial charge is 0.291 e. The highest BCUT2D eigenvalue weighted by molar-refractivity contribution is 6.03. The van der Waals surface area contributed by atoms with E-state index in [1.54, 1.807) is 36.4 Å². The van der Waals surface area contributed by atoms with Gasteiger partial charge in [0.05, 0.1) is 6.26 Å². The first-order valence-corrected chi connectivity index (χ1v) is 8.38. The summed E-state index contributed by atoms with van der Waals surface area (Å²) in [5.74, 6) is -0.267. The first-order valence-electron chi connectivity index (χ1n) is 8.38. The number of carbonyl (C=O) groups is 2. The topological polar surface area (TPSA) is 86.6 Å². The van der Waals surface area contributed by atoms with Gasteiger partial charge in [0, 0.05) is 50.5 Å². The number of nitrogens with zero attached hydrogens (tertiary/aromatic N) is 1. The zero-order valence-corrected chi connectivity index (χ0v) is 15.2. The second kappa shape index (κ2) is 9.96. The lowest BCUT2D eigenvalue weighted by molar-refractivity contribution is 0.0945. The van der Waals surface area contributed by atoms with Crippen LogP contribution >= 0.6 is 12.4 Å². The van der Waals surface area contributed by atoms with E-state index in [0.717, 1.165) is 32.7 Å². The molecule has 1 aliphatic heterocycles. The van der Waals surface area contributed by atoms with Gasteiger partial charge in [0.1, 0.15) is 0 Å². The second-order valence-electron chi connectivity index (χ2n) is 5.86. The number of benzene rings is 1. The van der Waals surface area contributed by atoms with Gasteiger partial charge in [0.25, 0.3) is 11.8 Å². The minimum atomic E-state index is -0.346. The number of furan rings is 1. The normalized spacial score (nSPS) is 14.3. The Bertz CT molecular complexity index is 715. The third-order valence-electron chi connectivity index (χ3n) is 4.05. The van der Waals surface area contributed by atoms with Gasteiger partial charge in [0.2, 0.25) is 0 Å². The predicted octanol–water partition coefficient (Wildman–Crippen LogP) is 1.59. The molecule has 26 heavy (non-hydrogen) atoms. The van der Waals surface area contributed by atoms with E-state index in [2.05, 4.69) is 20.9 Å². The average molecular weight is 379 g/mol. The number of hydrogen-bond acceptors (Lipinski definition) is 5. The van der Waals surface area contributed by atoms with E-state index >= 15 is 0 Å². The molecule has 1 fully saturated rings. The summed E-state index contributed by atoms with van der Waals surface area (Å²) in [5.41, 5.74) is 1.06. The van der Waals surface area contributed by atoms with Crippen molar-refractivity contribution in [2.45, 2.75) is 0 Å². The van der Waals surface area contributed by atoms with Crippen molar-refractivity contribution in [2.75, 3.05) is 44.6 Å². The molecule has 2 amide bonds. The van der Waals surface area contributed by atoms with E-state index in [4.69, 9.17) is 4.42 Å². The number of amides is 2. The van der Waals surface area contributed by atoms with Crippen LogP contribution in [0.2, 0.25) is 0 Å². The van der Waals surface area contributed by atoms with Crippen LogP contribution in [0.4, 0.5) is 5.69 Å². The van der Waals surface area contributed by atoms with Crippen LogP contribution in [0, 0.1) is 0 Å². The Morgan fingerprint density at radius 2 is 1.92 bits per heavy atom. The Hall–Kier alpha value is -2.35. The number of rotatable bonds is 6. The first-order chi connectivity index (χ1) is 12.2. The monoisotopic (exact) mass is 378 g/mol. The molecular weight excluding hydrogens is 356 g/mol. The highest BCUT2D eigenvalue weighted by atomic mass is 35.5. The Morgan fingerprint density at radius 3 is 2.65 bits per heavy atom. The van der Waals surface area contributed by atoms with Gasteiger partial charge >= 0.3 is 0 Å².